The van der Waals surface area contributed by atoms with Crippen molar-refractivity contribution in [3.8, 4) is 0 Å². The van der Waals surface area contributed by atoms with Crippen molar-refractivity contribution in [1.82, 2.24) is 10.2 Å². The van der Waals surface area contributed by atoms with Crippen LogP contribution in [0.4, 0.5) is 5.69 Å². The van der Waals surface area contributed by atoms with E-state index < -0.39 is 6.10 Å². The van der Waals surface area contributed by atoms with Gasteiger partial charge in [-0.25, -0.2) is 0 Å². The van der Waals surface area contributed by atoms with Gasteiger partial charge in [-0.15, -0.1) is 6.58 Å². The van der Waals surface area contributed by atoms with Gasteiger partial charge in [-0.1, -0.05) is 36.8 Å². The van der Waals surface area contributed by atoms with Gasteiger partial charge in [0.1, 0.15) is 0 Å². The number of aliphatic hydroxyl groups is 2. The Kier molecular flexibility index (Phi) is 10.2. The number of piperidine rings is 1. The van der Waals surface area contributed by atoms with E-state index in [0.29, 0.717) is 19.0 Å². The standard InChI is InChI=1S/C25H39N3O3/c1-5-20(19(4)30)8-9-22(6-2)27-25(31)16-28-13-11-23(12-14-28)26-24-10-7-18(3)15-21(24)17-29/h6-8,10,15,19,22-23,26,29-30H,2,5,9,11-14,16-17H2,1,3-4H3,(H,27,31)/b20-8+. The zero-order chi connectivity index (χ0) is 22.8. The number of hydrogen-bond acceptors (Lipinski definition) is 5. The summed E-state index contributed by atoms with van der Waals surface area (Å²) in [6, 6.07) is 6.30. The number of aliphatic hydroxyl groups excluding tert-OH is 2. The van der Waals surface area contributed by atoms with Gasteiger partial charge in [0.2, 0.25) is 5.91 Å². The molecule has 4 N–H and O–H groups in total. The summed E-state index contributed by atoms with van der Waals surface area (Å²) in [6.07, 6.45) is 6.62. The highest BCUT2D eigenvalue weighted by Gasteiger charge is 2.22. The van der Waals surface area contributed by atoms with Crippen molar-refractivity contribution < 1.29 is 15.0 Å². The first-order valence-electron chi connectivity index (χ1n) is 11.3. The van der Waals surface area contributed by atoms with Gasteiger partial charge in [0.05, 0.1) is 25.3 Å². The Morgan fingerprint density at radius 2 is 2.06 bits per heavy atom. The fraction of sp³-hybridized carbons (Fsp3) is 0.560. The van der Waals surface area contributed by atoms with Crippen LogP contribution < -0.4 is 10.6 Å². The number of rotatable bonds is 11. The number of anilines is 1. The van der Waals surface area contributed by atoms with E-state index >= 15 is 0 Å². The molecule has 31 heavy (non-hydrogen) atoms. The minimum absolute atomic E-state index is 0.000839. The Hall–Kier alpha value is -2.15. The van der Waals surface area contributed by atoms with Gasteiger partial charge in [0, 0.05) is 30.4 Å². The molecule has 1 aliphatic rings. The van der Waals surface area contributed by atoms with Crippen LogP contribution in [0.1, 0.15) is 50.7 Å². The summed E-state index contributed by atoms with van der Waals surface area (Å²) in [5.41, 5.74) is 4.04. The van der Waals surface area contributed by atoms with Gasteiger partial charge >= 0.3 is 0 Å². The largest absolute Gasteiger partial charge is 0.392 e. The van der Waals surface area contributed by atoms with E-state index in [9.17, 15) is 15.0 Å². The molecule has 0 radical (unpaired) electrons. The predicted molar refractivity (Wildman–Crippen MR) is 127 cm³/mol. The number of aryl methyl sites for hydroxylation is 1. The molecule has 1 aliphatic heterocycles. The Morgan fingerprint density at radius 1 is 1.35 bits per heavy atom. The molecule has 0 saturated carbocycles. The van der Waals surface area contributed by atoms with Crippen LogP contribution in [0.2, 0.25) is 0 Å². The quantitative estimate of drug-likeness (QED) is 0.406. The molecule has 1 fully saturated rings. The molecule has 1 amide bonds. The fourth-order valence-corrected chi connectivity index (χ4v) is 4.01. The number of nitrogens with one attached hydrogen (secondary N) is 2. The van der Waals surface area contributed by atoms with E-state index in [4.69, 9.17) is 0 Å². The van der Waals surface area contributed by atoms with Gasteiger partial charge in [-0.2, -0.15) is 0 Å². The van der Waals surface area contributed by atoms with Gasteiger partial charge < -0.3 is 20.8 Å². The van der Waals surface area contributed by atoms with Gasteiger partial charge in [0.15, 0.2) is 0 Å². The highest BCUT2D eigenvalue weighted by molar-refractivity contribution is 5.78. The van der Waals surface area contributed by atoms with E-state index in [0.717, 1.165) is 54.7 Å². The van der Waals surface area contributed by atoms with Crippen molar-refractivity contribution in [2.24, 2.45) is 0 Å². The van der Waals surface area contributed by atoms with E-state index in [1.54, 1.807) is 13.0 Å². The average Bonchev–Trinajstić information content (AvgIpc) is 2.75. The molecular formula is C25H39N3O3. The third kappa shape index (κ3) is 8.13. The summed E-state index contributed by atoms with van der Waals surface area (Å²) in [6.45, 7) is 11.7. The molecule has 1 saturated heterocycles. The molecule has 172 valence electrons. The maximum atomic E-state index is 12.5. The van der Waals surface area contributed by atoms with Crippen LogP contribution in [-0.2, 0) is 11.4 Å². The molecule has 0 spiro atoms. The minimum atomic E-state index is -0.463. The molecule has 6 nitrogen and oxygen atoms in total. The number of benzene rings is 1. The highest BCUT2D eigenvalue weighted by atomic mass is 16.3. The first-order valence-corrected chi connectivity index (χ1v) is 11.3. The van der Waals surface area contributed by atoms with Crippen molar-refractivity contribution in [3.05, 3.63) is 53.6 Å². The number of likely N-dealkylation sites (tertiary alicyclic amines) is 1. The summed E-state index contributed by atoms with van der Waals surface area (Å²) in [7, 11) is 0. The van der Waals surface area contributed by atoms with E-state index in [1.165, 1.54) is 0 Å². The lowest BCUT2D eigenvalue weighted by molar-refractivity contribution is -0.122. The number of hydrogen-bond donors (Lipinski definition) is 4. The predicted octanol–water partition coefficient (Wildman–Crippen LogP) is 3.14. The summed E-state index contributed by atoms with van der Waals surface area (Å²) in [4.78, 5) is 14.7. The van der Waals surface area contributed by atoms with Crippen molar-refractivity contribution in [2.45, 2.75) is 71.2 Å². The lowest BCUT2D eigenvalue weighted by atomic mass is 10.0. The van der Waals surface area contributed by atoms with Crippen LogP contribution in [0.5, 0.6) is 0 Å². The normalized spacial score (nSPS) is 17.8. The van der Waals surface area contributed by atoms with E-state index in [2.05, 4.69) is 28.2 Å². The molecule has 2 rings (SSSR count). The maximum absolute atomic E-state index is 12.5. The summed E-state index contributed by atoms with van der Waals surface area (Å²) in [5.74, 6) is 0.000839. The first-order chi connectivity index (χ1) is 14.9. The van der Waals surface area contributed by atoms with Crippen LogP contribution in [0, 0.1) is 6.92 Å². The molecule has 2 unspecified atom stereocenters. The number of nitrogens with zero attached hydrogens (tertiary/aromatic N) is 1. The molecule has 1 heterocycles. The van der Waals surface area contributed by atoms with Gasteiger partial charge in [-0.05, 0) is 51.2 Å². The SMILES string of the molecule is C=CC(C/C=C(\CC)C(C)O)NC(=O)CN1CCC(Nc2ccc(C)cc2CO)CC1. The van der Waals surface area contributed by atoms with Crippen LogP contribution in [0.15, 0.2) is 42.5 Å². The third-order valence-corrected chi connectivity index (χ3v) is 5.96. The number of amides is 1. The van der Waals surface area contributed by atoms with Crippen molar-refractivity contribution >= 4 is 11.6 Å². The fourth-order valence-electron chi connectivity index (χ4n) is 4.01. The second-order valence-corrected chi connectivity index (χ2v) is 8.47. The average molecular weight is 430 g/mol. The van der Waals surface area contributed by atoms with Crippen LogP contribution in [0.3, 0.4) is 0 Å². The maximum Gasteiger partial charge on any atom is 0.234 e. The molecule has 1 aromatic carbocycles. The second kappa shape index (κ2) is 12.6. The van der Waals surface area contributed by atoms with E-state index in [-0.39, 0.29) is 18.6 Å². The van der Waals surface area contributed by atoms with Gasteiger partial charge in [0.25, 0.3) is 0 Å². The zero-order valence-corrected chi connectivity index (χ0v) is 19.2. The van der Waals surface area contributed by atoms with Crippen molar-refractivity contribution in [3.63, 3.8) is 0 Å². The number of carbonyl (C=O) groups excluding carboxylic acids is 1. The zero-order valence-electron chi connectivity index (χ0n) is 19.2. The molecule has 6 heteroatoms. The lowest BCUT2D eigenvalue weighted by Crippen LogP contribution is -2.46. The molecule has 0 aliphatic carbocycles. The topological polar surface area (TPSA) is 84.8 Å². The smallest absolute Gasteiger partial charge is 0.234 e. The van der Waals surface area contributed by atoms with Gasteiger partial charge in [-0.3, -0.25) is 9.69 Å². The Balaban J connectivity index is 1.79. The Bertz CT molecular complexity index is 752. The van der Waals surface area contributed by atoms with Crippen molar-refractivity contribution in [2.75, 3.05) is 25.0 Å². The summed E-state index contributed by atoms with van der Waals surface area (Å²) in [5, 5.41) is 25.9. The molecule has 2 atom stereocenters. The Labute approximate surface area is 187 Å². The third-order valence-electron chi connectivity index (χ3n) is 5.96. The monoisotopic (exact) mass is 429 g/mol. The van der Waals surface area contributed by atoms with Crippen LogP contribution in [-0.4, -0.2) is 58.8 Å². The summed E-state index contributed by atoms with van der Waals surface area (Å²) < 4.78 is 0. The molecule has 0 aromatic heterocycles. The first kappa shape index (κ1) is 25.1. The Morgan fingerprint density at radius 3 is 2.65 bits per heavy atom. The summed E-state index contributed by atoms with van der Waals surface area (Å²) >= 11 is 0. The van der Waals surface area contributed by atoms with Crippen LogP contribution in [0.25, 0.3) is 0 Å². The molecular weight excluding hydrogens is 390 g/mol. The number of carbonyl (C=O) groups is 1. The second-order valence-electron chi connectivity index (χ2n) is 8.47. The molecule has 0 bridgehead atoms. The van der Waals surface area contributed by atoms with Crippen LogP contribution >= 0.6 is 0 Å². The van der Waals surface area contributed by atoms with Crippen molar-refractivity contribution in [1.29, 1.82) is 0 Å². The lowest BCUT2D eigenvalue weighted by Gasteiger charge is -2.33. The molecule has 1 aromatic rings. The highest BCUT2D eigenvalue weighted by Crippen LogP contribution is 2.22. The van der Waals surface area contributed by atoms with E-state index in [1.807, 2.05) is 32.1 Å². The minimum Gasteiger partial charge on any atom is -0.392 e.